The number of ether oxygens (including phenoxy) is 4. The van der Waals surface area contributed by atoms with Gasteiger partial charge in [0.2, 0.25) is 0 Å². The van der Waals surface area contributed by atoms with Gasteiger partial charge in [0.25, 0.3) is 5.91 Å². The molecule has 27 heavy (non-hydrogen) atoms. The molecule has 6 heteroatoms. The number of para-hydroxylation sites is 1. The van der Waals surface area contributed by atoms with Crippen molar-refractivity contribution in [3.05, 3.63) is 59.7 Å². The topological polar surface area (TPSA) is 66.0 Å². The van der Waals surface area contributed by atoms with E-state index in [0.717, 1.165) is 5.56 Å². The Labute approximate surface area is 159 Å². The first-order valence-corrected chi connectivity index (χ1v) is 8.98. The van der Waals surface area contributed by atoms with Gasteiger partial charge in [-0.25, -0.2) is 0 Å². The maximum Gasteiger partial charge on any atom is 0.255 e. The maximum atomic E-state index is 12.8. The number of rotatable bonds is 7. The largest absolute Gasteiger partial charge is 0.493 e. The Morgan fingerprint density at radius 2 is 1.93 bits per heavy atom. The second-order valence-electron chi connectivity index (χ2n) is 6.32. The molecule has 1 N–H and O–H groups in total. The van der Waals surface area contributed by atoms with Gasteiger partial charge in [0, 0.05) is 6.61 Å². The molecule has 3 rings (SSSR count). The Bertz CT molecular complexity index is 749. The van der Waals surface area contributed by atoms with Crippen molar-refractivity contribution in [2.75, 3.05) is 27.4 Å². The summed E-state index contributed by atoms with van der Waals surface area (Å²) in [5.74, 6) is 0.728. The van der Waals surface area contributed by atoms with Gasteiger partial charge in [-0.05, 0) is 24.1 Å². The Morgan fingerprint density at radius 1 is 1.11 bits per heavy atom. The van der Waals surface area contributed by atoms with Crippen molar-refractivity contribution in [2.24, 2.45) is 0 Å². The van der Waals surface area contributed by atoms with E-state index < -0.39 is 0 Å². The second kappa shape index (κ2) is 9.39. The van der Waals surface area contributed by atoms with Crippen molar-refractivity contribution >= 4 is 5.91 Å². The molecule has 2 aromatic rings. The zero-order valence-electron chi connectivity index (χ0n) is 15.6. The highest BCUT2D eigenvalue weighted by atomic mass is 16.5. The summed E-state index contributed by atoms with van der Waals surface area (Å²) in [6.07, 6.45) is 0.483. The molecular formula is C21H25NO5. The van der Waals surface area contributed by atoms with Crippen LogP contribution < -0.4 is 14.8 Å². The summed E-state index contributed by atoms with van der Waals surface area (Å²) in [5, 5.41) is 3.07. The molecule has 0 saturated carbocycles. The van der Waals surface area contributed by atoms with Crippen LogP contribution in [0.2, 0.25) is 0 Å². The molecule has 0 aliphatic carbocycles. The van der Waals surface area contributed by atoms with E-state index in [0.29, 0.717) is 43.3 Å². The molecule has 1 heterocycles. The number of carbonyl (C=O) groups is 1. The molecule has 1 amide bonds. The van der Waals surface area contributed by atoms with Gasteiger partial charge in [-0.15, -0.1) is 0 Å². The van der Waals surface area contributed by atoms with Gasteiger partial charge >= 0.3 is 0 Å². The zero-order chi connectivity index (χ0) is 19.1. The van der Waals surface area contributed by atoms with Crippen LogP contribution in [0.25, 0.3) is 0 Å². The molecule has 0 aromatic heterocycles. The van der Waals surface area contributed by atoms with Gasteiger partial charge in [-0.1, -0.05) is 36.4 Å². The van der Waals surface area contributed by atoms with Crippen LogP contribution in [0.1, 0.15) is 22.3 Å². The first-order chi connectivity index (χ1) is 13.2. The summed E-state index contributed by atoms with van der Waals surface area (Å²) in [7, 11) is 3.07. The normalized spacial score (nSPS) is 19.3. The average Bonchev–Trinajstić information content (AvgIpc) is 2.73. The zero-order valence-corrected chi connectivity index (χ0v) is 15.6. The van der Waals surface area contributed by atoms with Crippen LogP contribution in [0.4, 0.5) is 0 Å². The first kappa shape index (κ1) is 19.2. The maximum absolute atomic E-state index is 12.8. The van der Waals surface area contributed by atoms with E-state index >= 15 is 0 Å². The minimum Gasteiger partial charge on any atom is -0.493 e. The number of nitrogens with one attached hydrogen (secondary N) is 1. The SMILES string of the molecule is COc1cccc(C(=O)N[C@@H]2CCOC[C@H]2OCc2ccccc2)c1OC. The van der Waals surface area contributed by atoms with E-state index in [-0.39, 0.29) is 18.1 Å². The van der Waals surface area contributed by atoms with E-state index in [2.05, 4.69) is 5.32 Å². The predicted molar refractivity (Wildman–Crippen MR) is 101 cm³/mol. The molecule has 144 valence electrons. The summed E-state index contributed by atoms with van der Waals surface area (Å²) in [6.45, 7) is 1.52. The van der Waals surface area contributed by atoms with Crippen molar-refractivity contribution < 1.29 is 23.7 Å². The Balaban J connectivity index is 1.68. The second-order valence-corrected chi connectivity index (χ2v) is 6.32. The number of hydrogen-bond donors (Lipinski definition) is 1. The summed E-state index contributed by atoms with van der Waals surface area (Å²) >= 11 is 0. The monoisotopic (exact) mass is 371 g/mol. The smallest absolute Gasteiger partial charge is 0.255 e. The fraction of sp³-hybridized carbons (Fsp3) is 0.381. The lowest BCUT2D eigenvalue weighted by Crippen LogP contribution is -2.50. The molecule has 1 aliphatic rings. The van der Waals surface area contributed by atoms with E-state index in [4.69, 9.17) is 18.9 Å². The fourth-order valence-electron chi connectivity index (χ4n) is 3.13. The highest BCUT2D eigenvalue weighted by Gasteiger charge is 2.29. The first-order valence-electron chi connectivity index (χ1n) is 8.98. The lowest BCUT2D eigenvalue weighted by Gasteiger charge is -2.32. The van der Waals surface area contributed by atoms with E-state index in [1.165, 1.54) is 7.11 Å². The minimum absolute atomic E-state index is 0.133. The molecule has 1 fully saturated rings. The molecule has 0 unspecified atom stereocenters. The van der Waals surface area contributed by atoms with Crippen LogP contribution in [0.5, 0.6) is 11.5 Å². The molecule has 0 spiro atoms. The number of carbonyl (C=O) groups excluding carboxylic acids is 1. The third-order valence-corrected chi connectivity index (χ3v) is 4.58. The van der Waals surface area contributed by atoms with Crippen molar-refractivity contribution in [1.29, 1.82) is 0 Å². The minimum atomic E-state index is -0.217. The van der Waals surface area contributed by atoms with Crippen LogP contribution in [0, 0.1) is 0 Å². The van der Waals surface area contributed by atoms with Gasteiger partial charge in [0.1, 0.15) is 6.10 Å². The molecule has 0 radical (unpaired) electrons. The lowest BCUT2D eigenvalue weighted by molar-refractivity contribution is -0.0736. The van der Waals surface area contributed by atoms with Gasteiger partial charge in [-0.3, -0.25) is 4.79 Å². The highest BCUT2D eigenvalue weighted by molar-refractivity contribution is 5.98. The Hall–Kier alpha value is -2.57. The van der Waals surface area contributed by atoms with E-state index in [1.54, 1.807) is 25.3 Å². The van der Waals surface area contributed by atoms with Crippen molar-refractivity contribution in [2.45, 2.75) is 25.2 Å². The van der Waals surface area contributed by atoms with Crippen LogP contribution in [-0.2, 0) is 16.1 Å². The lowest BCUT2D eigenvalue weighted by atomic mass is 10.0. The van der Waals surface area contributed by atoms with Gasteiger partial charge < -0.3 is 24.3 Å². The van der Waals surface area contributed by atoms with Gasteiger partial charge in [-0.2, -0.15) is 0 Å². The van der Waals surface area contributed by atoms with Crippen molar-refractivity contribution in [3.63, 3.8) is 0 Å². The molecule has 2 aromatic carbocycles. The molecular weight excluding hydrogens is 346 g/mol. The number of amides is 1. The molecule has 0 bridgehead atoms. The Kier molecular flexibility index (Phi) is 6.68. The predicted octanol–water partition coefficient (Wildman–Crippen LogP) is 2.81. The number of hydrogen-bond acceptors (Lipinski definition) is 5. The standard InChI is InChI=1S/C21H25NO5/c1-24-18-10-6-9-16(20(18)25-2)21(23)22-17-11-12-26-14-19(17)27-13-15-7-4-3-5-8-15/h3-10,17,19H,11-14H2,1-2H3,(H,22,23)/t17-,19-/m1/s1. The summed E-state index contributed by atoms with van der Waals surface area (Å²) in [4.78, 5) is 12.8. The van der Waals surface area contributed by atoms with Crippen molar-refractivity contribution in [3.8, 4) is 11.5 Å². The molecule has 6 nitrogen and oxygen atoms in total. The number of benzene rings is 2. The molecule has 1 saturated heterocycles. The third kappa shape index (κ3) is 4.78. The van der Waals surface area contributed by atoms with E-state index in [1.807, 2.05) is 30.3 Å². The summed E-state index contributed by atoms with van der Waals surface area (Å²) < 4.78 is 22.2. The van der Waals surface area contributed by atoms with E-state index in [9.17, 15) is 4.79 Å². The van der Waals surface area contributed by atoms with Gasteiger partial charge in [0.05, 0.1) is 39.0 Å². The molecule has 2 atom stereocenters. The molecule has 1 aliphatic heterocycles. The average molecular weight is 371 g/mol. The van der Waals surface area contributed by atoms with Crippen LogP contribution in [-0.4, -0.2) is 45.5 Å². The van der Waals surface area contributed by atoms with Crippen LogP contribution >= 0.6 is 0 Å². The number of methoxy groups -OCH3 is 2. The van der Waals surface area contributed by atoms with Crippen LogP contribution in [0.15, 0.2) is 48.5 Å². The Morgan fingerprint density at radius 3 is 2.67 bits per heavy atom. The summed E-state index contributed by atoms with van der Waals surface area (Å²) in [5.41, 5.74) is 1.52. The summed E-state index contributed by atoms with van der Waals surface area (Å²) in [6, 6.07) is 15.1. The van der Waals surface area contributed by atoms with Crippen LogP contribution in [0.3, 0.4) is 0 Å². The third-order valence-electron chi connectivity index (χ3n) is 4.58. The van der Waals surface area contributed by atoms with Crippen molar-refractivity contribution in [1.82, 2.24) is 5.32 Å². The quantitative estimate of drug-likeness (QED) is 0.811. The highest BCUT2D eigenvalue weighted by Crippen LogP contribution is 2.30. The van der Waals surface area contributed by atoms with Gasteiger partial charge in [0.15, 0.2) is 11.5 Å². The fourth-order valence-corrected chi connectivity index (χ4v) is 3.13.